The van der Waals surface area contributed by atoms with E-state index in [1.54, 1.807) is 14.0 Å². The Balaban J connectivity index is 3.37. The molecule has 0 radical (unpaired) electrons. The molecule has 0 aromatic carbocycles. The summed E-state index contributed by atoms with van der Waals surface area (Å²) in [5.41, 5.74) is 0. The fourth-order valence-electron chi connectivity index (χ4n) is 0.669. The van der Waals surface area contributed by atoms with Gasteiger partial charge in [-0.25, -0.2) is 0 Å². The Morgan fingerprint density at radius 1 is 1.31 bits per heavy atom. The molecule has 0 fully saturated rings. The van der Waals surface area contributed by atoms with Crippen LogP contribution in [0.2, 0.25) is 0 Å². The van der Waals surface area contributed by atoms with Crippen molar-refractivity contribution in [1.29, 1.82) is 0 Å². The van der Waals surface area contributed by atoms with Crippen LogP contribution in [0.5, 0.6) is 0 Å². The van der Waals surface area contributed by atoms with Crippen LogP contribution in [0.15, 0.2) is 0 Å². The number of hydrogen-bond donors (Lipinski definition) is 1. The summed E-state index contributed by atoms with van der Waals surface area (Å²) in [6.07, 6.45) is 0.181. The molecule has 0 saturated carbocycles. The van der Waals surface area contributed by atoms with Crippen molar-refractivity contribution in [3.63, 3.8) is 0 Å². The van der Waals surface area contributed by atoms with Gasteiger partial charge in [-0.3, -0.25) is 4.79 Å². The van der Waals surface area contributed by atoms with Crippen molar-refractivity contribution in [2.75, 3.05) is 20.3 Å². The summed E-state index contributed by atoms with van der Waals surface area (Å²) >= 11 is 0. The Bertz CT molecular complexity index is 148. The molecule has 4 nitrogen and oxygen atoms in total. The molecule has 0 amide bonds. The highest BCUT2D eigenvalue weighted by Gasteiger charge is 2.10. The second kappa shape index (κ2) is 6.86. The van der Waals surface area contributed by atoms with E-state index in [4.69, 9.17) is 9.47 Å². The van der Waals surface area contributed by atoms with E-state index in [0.29, 0.717) is 13.2 Å². The molecule has 1 N–H and O–H groups in total. The molecule has 0 rings (SSSR count). The van der Waals surface area contributed by atoms with Crippen molar-refractivity contribution in [2.24, 2.45) is 0 Å². The Morgan fingerprint density at radius 3 is 2.38 bits per heavy atom. The monoisotopic (exact) mass is 189 g/mol. The van der Waals surface area contributed by atoms with E-state index in [1.807, 2.05) is 13.8 Å². The maximum Gasteiger partial charge on any atom is 0.322 e. The maximum atomic E-state index is 11.1. The largest absolute Gasteiger partial charge is 0.462 e. The average Bonchev–Trinajstić information content (AvgIpc) is 2.10. The first-order chi connectivity index (χ1) is 6.07. The summed E-state index contributed by atoms with van der Waals surface area (Å²) in [5.74, 6) is -0.241. The molecule has 0 aliphatic heterocycles. The van der Waals surface area contributed by atoms with E-state index in [2.05, 4.69) is 5.32 Å². The van der Waals surface area contributed by atoms with Gasteiger partial charge in [0.15, 0.2) is 0 Å². The normalized spacial score (nSPS) is 13.0. The Labute approximate surface area is 79.6 Å². The minimum absolute atomic E-state index is 0.181. The van der Waals surface area contributed by atoms with Gasteiger partial charge in [0, 0.05) is 0 Å². The van der Waals surface area contributed by atoms with Crippen molar-refractivity contribution < 1.29 is 14.3 Å². The number of nitrogens with one attached hydrogen (secondary N) is 1. The van der Waals surface area contributed by atoms with Crippen molar-refractivity contribution in [3.8, 4) is 0 Å². The van der Waals surface area contributed by atoms with Crippen LogP contribution in [0.3, 0.4) is 0 Å². The number of ether oxygens (including phenoxy) is 2. The first-order valence-electron chi connectivity index (χ1n) is 4.53. The molecule has 1 atom stereocenters. The fourth-order valence-corrected chi connectivity index (χ4v) is 0.669. The zero-order chi connectivity index (χ0) is 10.3. The highest BCUT2D eigenvalue weighted by molar-refractivity contribution is 5.75. The van der Waals surface area contributed by atoms with Gasteiger partial charge in [-0.1, -0.05) is 0 Å². The van der Waals surface area contributed by atoms with Crippen molar-refractivity contribution in [2.45, 2.75) is 32.9 Å². The number of carbonyl (C=O) groups excluding carboxylic acids is 1. The molecule has 4 heteroatoms. The van der Waals surface area contributed by atoms with Gasteiger partial charge in [0.1, 0.15) is 12.6 Å². The lowest BCUT2D eigenvalue weighted by molar-refractivity contribution is -0.147. The van der Waals surface area contributed by atoms with Crippen LogP contribution in [-0.4, -0.2) is 38.4 Å². The first kappa shape index (κ1) is 12.4. The topological polar surface area (TPSA) is 47.6 Å². The van der Waals surface area contributed by atoms with Crippen LogP contribution in [0.4, 0.5) is 0 Å². The van der Waals surface area contributed by atoms with Gasteiger partial charge in [0.2, 0.25) is 0 Å². The van der Waals surface area contributed by atoms with E-state index >= 15 is 0 Å². The second-order valence-corrected chi connectivity index (χ2v) is 3.10. The molecule has 0 aliphatic carbocycles. The third-order valence-corrected chi connectivity index (χ3v) is 1.57. The summed E-state index contributed by atoms with van der Waals surface area (Å²) in [4.78, 5) is 11.1. The Hall–Kier alpha value is -0.610. The van der Waals surface area contributed by atoms with Crippen molar-refractivity contribution in [3.05, 3.63) is 0 Å². The lowest BCUT2D eigenvalue weighted by atomic mass is 10.3. The van der Waals surface area contributed by atoms with Gasteiger partial charge in [0.25, 0.3) is 0 Å². The predicted octanol–water partition coefficient (Wildman–Crippen LogP) is 0.562. The molecule has 0 bridgehead atoms. The molecular weight excluding hydrogens is 170 g/mol. The number of esters is 1. The van der Waals surface area contributed by atoms with Crippen LogP contribution in [0.25, 0.3) is 0 Å². The minimum Gasteiger partial charge on any atom is -0.462 e. The van der Waals surface area contributed by atoms with Crippen LogP contribution in [-0.2, 0) is 14.3 Å². The summed E-state index contributed by atoms with van der Waals surface area (Å²) < 4.78 is 10.1. The van der Waals surface area contributed by atoms with E-state index < -0.39 is 0 Å². The zero-order valence-electron chi connectivity index (χ0n) is 8.79. The minimum atomic E-state index is -0.251. The molecule has 0 saturated heterocycles. The third kappa shape index (κ3) is 6.54. The number of likely N-dealkylation sites (N-methyl/N-ethyl adjacent to an activating group) is 1. The standard InChI is InChI=1S/C9H19NO3/c1-7(2)12-5-6-13-9(11)8(3)10-4/h7-8,10H,5-6H2,1-4H3. The molecular formula is C9H19NO3. The third-order valence-electron chi connectivity index (χ3n) is 1.57. The van der Waals surface area contributed by atoms with Crippen LogP contribution >= 0.6 is 0 Å². The summed E-state index contributed by atoms with van der Waals surface area (Å²) in [5, 5.41) is 2.80. The van der Waals surface area contributed by atoms with Crippen LogP contribution in [0.1, 0.15) is 20.8 Å². The number of carbonyl (C=O) groups is 1. The Morgan fingerprint density at radius 2 is 1.92 bits per heavy atom. The fraction of sp³-hybridized carbons (Fsp3) is 0.889. The quantitative estimate of drug-likeness (QED) is 0.490. The Kier molecular flexibility index (Phi) is 6.54. The van der Waals surface area contributed by atoms with E-state index in [9.17, 15) is 4.79 Å². The lowest BCUT2D eigenvalue weighted by Crippen LogP contribution is -2.33. The molecule has 0 aromatic rings. The van der Waals surface area contributed by atoms with Gasteiger partial charge in [0.05, 0.1) is 12.7 Å². The van der Waals surface area contributed by atoms with Crippen LogP contribution in [0, 0.1) is 0 Å². The van der Waals surface area contributed by atoms with E-state index in [-0.39, 0.29) is 18.1 Å². The summed E-state index contributed by atoms with van der Waals surface area (Å²) in [7, 11) is 1.72. The van der Waals surface area contributed by atoms with Crippen molar-refractivity contribution >= 4 is 5.97 Å². The van der Waals surface area contributed by atoms with Gasteiger partial charge >= 0.3 is 5.97 Å². The smallest absolute Gasteiger partial charge is 0.322 e. The van der Waals surface area contributed by atoms with E-state index in [1.165, 1.54) is 0 Å². The molecule has 1 unspecified atom stereocenters. The molecule has 0 aromatic heterocycles. The van der Waals surface area contributed by atoms with Gasteiger partial charge in [-0.2, -0.15) is 0 Å². The summed E-state index contributed by atoms with van der Waals surface area (Å²) in [6.45, 7) is 6.42. The predicted molar refractivity (Wildman–Crippen MR) is 50.6 cm³/mol. The van der Waals surface area contributed by atoms with Gasteiger partial charge in [-0.05, 0) is 27.8 Å². The number of rotatable bonds is 6. The van der Waals surface area contributed by atoms with Gasteiger partial charge < -0.3 is 14.8 Å². The average molecular weight is 189 g/mol. The maximum absolute atomic E-state index is 11.1. The molecule has 0 heterocycles. The molecule has 0 spiro atoms. The highest BCUT2D eigenvalue weighted by atomic mass is 16.6. The van der Waals surface area contributed by atoms with E-state index in [0.717, 1.165) is 0 Å². The molecule has 78 valence electrons. The SMILES string of the molecule is CNC(C)C(=O)OCCOC(C)C. The number of hydrogen-bond acceptors (Lipinski definition) is 4. The van der Waals surface area contributed by atoms with Crippen LogP contribution < -0.4 is 5.32 Å². The lowest BCUT2D eigenvalue weighted by Gasteiger charge is -2.11. The first-order valence-corrected chi connectivity index (χ1v) is 4.53. The second-order valence-electron chi connectivity index (χ2n) is 3.10. The van der Waals surface area contributed by atoms with Gasteiger partial charge in [-0.15, -0.1) is 0 Å². The zero-order valence-corrected chi connectivity index (χ0v) is 8.79. The highest BCUT2D eigenvalue weighted by Crippen LogP contribution is 1.90. The van der Waals surface area contributed by atoms with Crippen molar-refractivity contribution in [1.82, 2.24) is 5.32 Å². The molecule has 13 heavy (non-hydrogen) atoms. The summed E-state index contributed by atoms with van der Waals surface area (Å²) in [6, 6.07) is -0.251. The molecule has 0 aliphatic rings.